The van der Waals surface area contributed by atoms with Crippen molar-refractivity contribution in [2.24, 2.45) is 5.41 Å². The molecule has 1 aromatic rings. The van der Waals surface area contributed by atoms with E-state index in [9.17, 15) is 4.39 Å². The lowest BCUT2D eigenvalue weighted by molar-refractivity contribution is 0.573. The Labute approximate surface area is 100 Å². The van der Waals surface area contributed by atoms with Crippen LogP contribution in [0.2, 0.25) is 0 Å². The van der Waals surface area contributed by atoms with Crippen LogP contribution in [-0.4, -0.2) is 5.33 Å². The monoisotopic (exact) mass is 320 g/mol. The van der Waals surface area contributed by atoms with Crippen LogP contribution in [0.1, 0.15) is 18.4 Å². The van der Waals surface area contributed by atoms with E-state index in [2.05, 4.69) is 31.9 Å². The first-order chi connectivity index (χ1) is 6.67. The van der Waals surface area contributed by atoms with Crippen LogP contribution in [0, 0.1) is 11.2 Å². The lowest BCUT2D eigenvalue weighted by Crippen LogP contribution is -2.07. The predicted octanol–water partition coefficient (Wildman–Crippen LogP) is 4.31. The molecule has 0 aromatic heterocycles. The maximum Gasteiger partial charge on any atom is 0.137 e. The highest BCUT2D eigenvalue weighted by molar-refractivity contribution is 9.10. The highest BCUT2D eigenvalue weighted by Gasteiger charge is 2.41. The van der Waals surface area contributed by atoms with Crippen LogP contribution in [0.25, 0.3) is 0 Å². The minimum atomic E-state index is -0.159. The molecule has 0 heterocycles. The van der Waals surface area contributed by atoms with Gasteiger partial charge in [-0.05, 0) is 52.2 Å². The Balaban J connectivity index is 2.21. The fraction of sp³-hybridized carbons (Fsp3) is 0.455. The van der Waals surface area contributed by atoms with Gasteiger partial charge in [0.25, 0.3) is 0 Å². The molecule has 1 saturated carbocycles. The summed E-state index contributed by atoms with van der Waals surface area (Å²) in [6.07, 6.45) is 3.47. The molecule has 0 bridgehead atoms. The van der Waals surface area contributed by atoms with E-state index in [1.807, 2.05) is 6.07 Å². The van der Waals surface area contributed by atoms with E-state index < -0.39 is 0 Å². The SMILES string of the molecule is Fc1cccc(CC2(CBr)CC2)c1Br. The second-order valence-corrected chi connectivity index (χ2v) is 5.38. The smallest absolute Gasteiger partial charge is 0.137 e. The molecule has 1 fully saturated rings. The van der Waals surface area contributed by atoms with E-state index in [4.69, 9.17) is 0 Å². The molecule has 0 atom stereocenters. The number of rotatable bonds is 3. The van der Waals surface area contributed by atoms with Crippen LogP contribution in [0.3, 0.4) is 0 Å². The molecule has 0 N–H and O–H groups in total. The van der Waals surface area contributed by atoms with Crippen molar-refractivity contribution in [1.82, 2.24) is 0 Å². The summed E-state index contributed by atoms with van der Waals surface area (Å²) < 4.78 is 13.9. The summed E-state index contributed by atoms with van der Waals surface area (Å²) in [4.78, 5) is 0. The van der Waals surface area contributed by atoms with Crippen LogP contribution >= 0.6 is 31.9 Å². The van der Waals surface area contributed by atoms with Crippen LogP contribution in [0.15, 0.2) is 22.7 Å². The van der Waals surface area contributed by atoms with E-state index >= 15 is 0 Å². The van der Waals surface area contributed by atoms with Crippen molar-refractivity contribution >= 4 is 31.9 Å². The molecule has 0 spiro atoms. The molecule has 0 amide bonds. The summed E-state index contributed by atoms with van der Waals surface area (Å²) in [7, 11) is 0. The van der Waals surface area contributed by atoms with Crippen LogP contribution < -0.4 is 0 Å². The van der Waals surface area contributed by atoms with Gasteiger partial charge >= 0.3 is 0 Å². The first kappa shape index (κ1) is 10.6. The molecule has 0 unspecified atom stereocenters. The predicted molar refractivity (Wildman–Crippen MR) is 63.3 cm³/mol. The van der Waals surface area contributed by atoms with Crippen molar-refractivity contribution in [2.75, 3.05) is 5.33 Å². The van der Waals surface area contributed by atoms with Crippen LogP contribution in [-0.2, 0) is 6.42 Å². The van der Waals surface area contributed by atoms with Crippen molar-refractivity contribution in [2.45, 2.75) is 19.3 Å². The third-order valence-electron chi connectivity index (χ3n) is 2.84. The zero-order valence-corrected chi connectivity index (χ0v) is 10.9. The topological polar surface area (TPSA) is 0 Å². The molecule has 0 aliphatic heterocycles. The normalized spacial score (nSPS) is 18.2. The molecule has 3 heteroatoms. The average molecular weight is 322 g/mol. The zero-order valence-electron chi connectivity index (χ0n) is 7.69. The zero-order chi connectivity index (χ0) is 10.2. The van der Waals surface area contributed by atoms with Gasteiger partial charge in [-0.15, -0.1) is 0 Å². The summed E-state index contributed by atoms with van der Waals surface area (Å²) in [5.74, 6) is -0.159. The van der Waals surface area contributed by atoms with Gasteiger partial charge in [0, 0.05) is 5.33 Å². The molecule has 1 aliphatic carbocycles. The van der Waals surface area contributed by atoms with Crippen molar-refractivity contribution < 1.29 is 4.39 Å². The molecular formula is C11H11Br2F. The van der Waals surface area contributed by atoms with Gasteiger partial charge in [-0.2, -0.15) is 0 Å². The van der Waals surface area contributed by atoms with Crippen LogP contribution in [0.4, 0.5) is 4.39 Å². The summed E-state index contributed by atoms with van der Waals surface area (Å²) >= 11 is 6.82. The lowest BCUT2D eigenvalue weighted by Gasteiger charge is -2.12. The highest BCUT2D eigenvalue weighted by Crippen LogP contribution is 2.50. The Morgan fingerprint density at radius 2 is 2.07 bits per heavy atom. The van der Waals surface area contributed by atoms with E-state index in [-0.39, 0.29) is 5.82 Å². The molecule has 76 valence electrons. The van der Waals surface area contributed by atoms with Crippen molar-refractivity contribution in [3.8, 4) is 0 Å². The molecule has 2 rings (SSSR count). The van der Waals surface area contributed by atoms with Gasteiger partial charge < -0.3 is 0 Å². The molecule has 1 aliphatic rings. The number of hydrogen-bond donors (Lipinski definition) is 0. The Hall–Kier alpha value is 0.110. The minimum absolute atomic E-state index is 0.159. The Bertz CT molecular complexity index is 345. The second kappa shape index (κ2) is 3.93. The van der Waals surface area contributed by atoms with Gasteiger partial charge in [0.05, 0.1) is 4.47 Å². The van der Waals surface area contributed by atoms with Gasteiger partial charge in [0.15, 0.2) is 0 Å². The maximum atomic E-state index is 13.2. The van der Waals surface area contributed by atoms with Gasteiger partial charge in [-0.25, -0.2) is 4.39 Å². The summed E-state index contributed by atoms with van der Waals surface area (Å²) in [5, 5.41) is 1.02. The van der Waals surface area contributed by atoms with Crippen molar-refractivity contribution in [3.63, 3.8) is 0 Å². The third kappa shape index (κ3) is 2.03. The number of benzene rings is 1. The third-order valence-corrected chi connectivity index (χ3v) is 4.92. The van der Waals surface area contributed by atoms with Gasteiger partial charge in [-0.3, -0.25) is 0 Å². The van der Waals surface area contributed by atoms with Gasteiger partial charge in [-0.1, -0.05) is 28.1 Å². The number of alkyl halides is 1. The Morgan fingerprint density at radius 3 is 2.64 bits per heavy atom. The van der Waals surface area contributed by atoms with E-state index in [1.54, 1.807) is 6.07 Å². The van der Waals surface area contributed by atoms with Gasteiger partial charge in [0.2, 0.25) is 0 Å². The van der Waals surface area contributed by atoms with Crippen molar-refractivity contribution in [3.05, 3.63) is 34.1 Å². The molecule has 0 saturated heterocycles. The first-order valence-corrected chi connectivity index (χ1v) is 6.57. The largest absolute Gasteiger partial charge is 0.206 e. The number of hydrogen-bond acceptors (Lipinski definition) is 0. The Morgan fingerprint density at radius 1 is 1.36 bits per heavy atom. The fourth-order valence-corrected chi connectivity index (χ4v) is 2.79. The summed E-state index contributed by atoms with van der Waals surface area (Å²) in [6.45, 7) is 0. The van der Waals surface area contributed by atoms with E-state index in [0.29, 0.717) is 9.89 Å². The van der Waals surface area contributed by atoms with Crippen LogP contribution in [0.5, 0.6) is 0 Å². The Kier molecular flexibility index (Phi) is 2.98. The summed E-state index contributed by atoms with van der Waals surface area (Å²) in [6, 6.07) is 5.26. The summed E-state index contributed by atoms with van der Waals surface area (Å²) in [5.41, 5.74) is 1.48. The second-order valence-electron chi connectivity index (χ2n) is 4.02. The highest BCUT2D eigenvalue weighted by atomic mass is 79.9. The fourth-order valence-electron chi connectivity index (χ4n) is 1.62. The quantitative estimate of drug-likeness (QED) is 0.728. The molecule has 0 nitrogen and oxygen atoms in total. The van der Waals surface area contributed by atoms with E-state index in [0.717, 1.165) is 17.3 Å². The average Bonchev–Trinajstić information content (AvgIpc) is 2.94. The van der Waals surface area contributed by atoms with Gasteiger partial charge in [0.1, 0.15) is 5.82 Å². The standard InChI is InChI=1S/C11H11Br2F/c12-7-11(4-5-11)6-8-2-1-3-9(14)10(8)13/h1-3H,4-7H2. The number of halogens is 3. The minimum Gasteiger partial charge on any atom is -0.206 e. The molecule has 14 heavy (non-hydrogen) atoms. The molecular weight excluding hydrogens is 311 g/mol. The molecule has 0 radical (unpaired) electrons. The maximum absolute atomic E-state index is 13.2. The van der Waals surface area contributed by atoms with Crippen molar-refractivity contribution in [1.29, 1.82) is 0 Å². The van der Waals surface area contributed by atoms with E-state index in [1.165, 1.54) is 18.9 Å². The molecule has 1 aromatic carbocycles. The lowest BCUT2D eigenvalue weighted by atomic mass is 9.99. The first-order valence-electron chi connectivity index (χ1n) is 4.66.